The summed E-state index contributed by atoms with van der Waals surface area (Å²) < 4.78 is 28.6. The van der Waals surface area contributed by atoms with Crippen molar-refractivity contribution in [1.82, 2.24) is 25.0 Å². The fourth-order valence-electron chi connectivity index (χ4n) is 3.42. The second kappa shape index (κ2) is 7.65. The van der Waals surface area contributed by atoms with Crippen LogP contribution in [-0.2, 0) is 35.5 Å². The van der Waals surface area contributed by atoms with Crippen molar-refractivity contribution in [3.05, 3.63) is 47.0 Å². The second-order valence-corrected chi connectivity index (χ2v) is 7.26. The lowest BCUT2D eigenvalue weighted by molar-refractivity contribution is -0.130. The number of carbonyl (C=O) groups excluding carboxylic acids is 2. The molecule has 0 saturated heterocycles. The Morgan fingerprint density at radius 1 is 1.07 bits per heavy atom. The van der Waals surface area contributed by atoms with E-state index >= 15 is 0 Å². The van der Waals surface area contributed by atoms with E-state index in [1.165, 1.54) is 12.1 Å². The molecule has 9 heteroatoms. The molecule has 1 saturated carbocycles. The summed E-state index contributed by atoms with van der Waals surface area (Å²) in [6, 6.07) is 3.14. The van der Waals surface area contributed by atoms with Crippen LogP contribution in [0.3, 0.4) is 0 Å². The molecule has 1 aromatic heterocycles. The number of nitrogens with zero attached hydrogens (tertiary/aromatic N) is 4. The van der Waals surface area contributed by atoms with Crippen LogP contribution in [0.5, 0.6) is 0 Å². The van der Waals surface area contributed by atoms with Crippen LogP contribution in [0.15, 0.2) is 18.2 Å². The zero-order valence-corrected chi connectivity index (χ0v) is 15.3. The van der Waals surface area contributed by atoms with E-state index in [1.807, 2.05) is 4.57 Å². The van der Waals surface area contributed by atoms with Crippen molar-refractivity contribution in [1.29, 1.82) is 0 Å². The Balaban J connectivity index is 1.37. The number of amides is 2. The summed E-state index contributed by atoms with van der Waals surface area (Å²) in [5, 5.41) is 11.2. The Hall–Kier alpha value is -2.84. The number of halogens is 2. The molecule has 1 N–H and O–H groups in total. The molecule has 1 fully saturated rings. The highest BCUT2D eigenvalue weighted by atomic mass is 19.1. The largest absolute Gasteiger partial charge is 0.349 e. The summed E-state index contributed by atoms with van der Waals surface area (Å²) in [5.74, 6) is 0.0449. The third-order valence-electron chi connectivity index (χ3n) is 5.10. The first kappa shape index (κ1) is 18.5. The number of aromatic nitrogens is 3. The normalized spacial score (nSPS) is 16.4. The molecule has 1 aliphatic carbocycles. The molecule has 0 bridgehead atoms. The van der Waals surface area contributed by atoms with Gasteiger partial charge in [0.05, 0.1) is 13.0 Å². The molecule has 2 amide bonds. The molecule has 0 unspecified atom stereocenters. The van der Waals surface area contributed by atoms with Gasteiger partial charge in [0.1, 0.15) is 17.5 Å². The van der Waals surface area contributed by atoms with E-state index in [9.17, 15) is 18.4 Å². The van der Waals surface area contributed by atoms with Gasteiger partial charge in [-0.3, -0.25) is 9.59 Å². The summed E-state index contributed by atoms with van der Waals surface area (Å²) in [5.41, 5.74) is 0.314. The van der Waals surface area contributed by atoms with E-state index in [1.54, 1.807) is 4.90 Å². The maximum Gasteiger partial charge on any atom is 0.227 e. The zero-order valence-electron chi connectivity index (χ0n) is 15.3. The van der Waals surface area contributed by atoms with Crippen LogP contribution in [0.4, 0.5) is 8.78 Å². The molecule has 1 aliphatic heterocycles. The average molecular weight is 389 g/mol. The highest BCUT2D eigenvalue weighted by Gasteiger charge is 2.30. The molecule has 7 nitrogen and oxygen atoms in total. The predicted octanol–water partition coefficient (Wildman–Crippen LogP) is 1.21. The Kier molecular flexibility index (Phi) is 5.06. The lowest BCUT2D eigenvalue weighted by atomic mass is 10.1. The molecule has 148 valence electrons. The minimum absolute atomic E-state index is 0.0464. The van der Waals surface area contributed by atoms with Crippen molar-refractivity contribution in [2.24, 2.45) is 5.92 Å². The van der Waals surface area contributed by atoms with Crippen LogP contribution in [0.1, 0.15) is 30.1 Å². The van der Waals surface area contributed by atoms with Gasteiger partial charge in [0, 0.05) is 38.0 Å². The van der Waals surface area contributed by atoms with Crippen LogP contribution in [0, 0.1) is 17.6 Å². The molecule has 1 aromatic carbocycles. The SMILES string of the molecule is O=C(NCc1nnc2n1CCN(C(=O)Cc1cc(F)cc(F)c1)CC2)C1CC1. The molecule has 0 radical (unpaired) electrons. The topological polar surface area (TPSA) is 80.1 Å². The van der Waals surface area contributed by atoms with Crippen LogP contribution < -0.4 is 5.32 Å². The molecule has 2 heterocycles. The van der Waals surface area contributed by atoms with Gasteiger partial charge in [-0.2, -0.15) is 0 Å². The average Bonchev–Trinajstić information content (AvgIpc) is 3.44. The van der Waals surface area contributed by atoms with Gasteiger partial charge in [0.2, 0.25) is 11.8 Å². The Bertz CT molecular complexity index is 889. The lowest BCUT2D eigenvalue weighted by Crippen LogP contribution is -2.35. The van der Waals surface area contributed by atoms with Gasteiger partial charge < -0.3 is 14.8 Å². The zero-order chi connectivity index (χ0) is 19.7. The Morgan fingerprint density at radius 2 is 1.82 bits per heavy atom. The van der Waals surface area contributed by atoms with Crippen LogP contribution in [-0.4, -0.2) is 44.6 Å². The van der Waals surface area contributed by atoms with Gasteiger partial charge in [-0.05, 0) is 30.5 Å². The molecule has 28 heavy (non-hydrogen) atoms. The van der Waals surface area contributed by atoms with Crippen molar-refractivity contribution in [2.75, 3.05) is 13.1 Å². The number of nitrogens with one attached hydrogen (secondary N) is 1. The second-order valence-electron chi connectivity index (χ2n) is 7.26. The molecule has 2 aromatic rings. The van der Waals surface area contributed by atoms with Crippen molar-refractivity contribution in [3.8, 4) is 0 Å². The molecule has 0 spiro atoms. The van der Waals surface area contributed by atoms with Crippen LogP contribution in [0.25, 0.3) is 0 Å². The van der Waals surface area contributed by atoms with Crippen LogP contribution in [0.2, 0.25) is 0 Å². The van der Waals surface area contributed by atoms with E-state index < -0.39 is 11.6 Å². The third kappa shape index (κ3) is 4.18. The van der Waals surface area contributed by atoms with Crippen molar-refractivity contribution < 1.29 is 18.4 Å². The number of benzene rings is 1. The molecule has 4 rings (SSSR count). The number of fused-ring (bicyclic) bond motifs is 1. The van der Waals surface area contributed by atoms with E-state index in [0.29, 0.717) is 44.0 Å². The first-order valence-corrected chi connectivity index (χ1v) is 9.41. The quantitative estimate of drug-likeness (QED) is 0.834. The summed E-state index contributed by atoms with van der Waals surface area (Å²) in [6.45, 7) is 1.74. The summed E-state index contributed by atoms with van der Waals surface area (Å²) in [6.07, 6.45) is 2.36. The minimum Gasteiger partial charge on any atom is -0.349 e. The first-order chi connectivity index (χ1) is 13.5. The van der Waals surface area contributed by atoms with E-state index in [-0.39, 0.29) is 24.2 Å². The molecule has 2 aliphatic rings. The Morgan fingerprint density at radius 3 is 2.54 bits per heavy atom. The molecular formula is C19H21F2N5O2. The Labute approximate surface area is 160 Å². The van der Waals surface area contributed by atoms with E-state index in [4.69, 9.17) is 0 Å². The standard InChI is InChI=1S/C19H21F2N5O2/c20-14-7-12(8-15(21)10-14)9-18(27)25-4-3-16-23-24-17(26(16)6-5-25)11-22-19(28)13-1-2-13/h7-8,10,13H,1-6,9,11H2,(H,22,28). The number of carbonyl (C=O) groups is 2. The fourth-order valence-corrected chi connectivity index (χ4v) is 3.42. The van der Waals surface area contributed by atoms with E-state index in [0.717, 1.165) is 24.7 Å². The molecule has 0 atom stereocenters. The van der Waals surface area contributed by atoms with Gasteiger partial charge in [0.25, 0.3) is 0 Å². The summed E-state index contributed by atoms with van der Waals surface area (Å²) >= 11 is 0. The number of rotatable bonds is 5. The smallest absolute Gasteiger partial charge is 0.227 e. The number of hydrogen-bond donors (Lipinski definition) is 1. The van der Waals surface area contributed by atoms with Gasteiger partial charge in [-0.25, -0.2) is 8.78 Å². The third-order valence-corrected chi connectivity index (χ3v) is 5.10. The fraction of sp³-hybridized carbons (Fsp3) is 0.474. The van der Waals surface area contributed by atoms with E-state index in [2.05, 4.69) is 15.5 Å². The number of hydrogen-bond acceptors (Lipinski definition) is 4. The van der Waals surface area contributed by atoms with Crippen molar-refractivity contribution >= 4 is 11.8 Å². The molecular weight excluding hydrogens is 368 g/mol. The predicted molar refractivity (Wildman–Crippen MR) is 94.9 cm³/mol. The van der Waals surface area contributed by atoms with Gasteiger partial charge in [-0.15, -0.1) is 10.2 Å². The van der Waals surface area contributed by atoms with Crippen molar-refractivity contribution in [2.45, 2.75) is 38.8 Å². The van der Waals surface area contributed by atoms with Gasteiger partial charge in [0.15, 0.2) is 5.82 Å². The maximum absolute atomic E-state index is 13.3. The van der Waals surface area contributed by atoms with Crippen molar-refractivity contribution in [3.63, 3.8) is 0 Å². The van der Waals surface area contributed by atoms with Crippen LogP contribution >= 0.6 is 0 Å². The van der Waals surface area contributed by atoms with Gasteiger partial charge >= 0.3 is 0 Å². The lowest BCUT2D eigenvalue weighted by Gasteiger charge is -2.20. The highest BCUT2D eigenvalue weighted by Crippen LogP contribution is 2.28. The monoisotopic (exact) mass is 389 g/mol. The maximum atomic E-state index is 13.3. The minimum atomic E-state index is -0.692. The first-order valence-electron chi connectivity index (χ1n) is 9.41. The van der Waals surface area contributed by atoms with Gasteiger partial charge in [-0.1, -0.05) is 0 Å². The summed E-state index contributed by atoms with van der Waals surface area (Å²) in [4.78, 5) is 26.1. The highest BCUT2D eigenvalue weighted by molar-refractivity contribution is 5.80. The summed E-state index contributed by atoms with van der Waals surface area (Å²) in [7, 11) is 0.